The molecule has 4 heteroatoms. The van der Waals surface area contributed by atoms with Crippen LogP contribution < -0.4 is 10.5 Å². The molecule has 0 bridgehead atoms. The summed E-state index contributed by atoms with van der Waals surface area (Å²) in [5.41, 5.74) is 6.94. The fraction of sp³-hybridized carbons (Fsp3) is 0.533. The van der Waals surface area contributed by atoms with Crippen LogP contribution in [0.3, 0.4) is 0 Å². The Morgan fingerprint density at radius 3 is 2.79 bits per heavy atom. The van der Waals surface area contributed by atoms with Gasteiger partial charge >= 0.3 is 0 Å². The van der Waals surface area contributed by atoms with Gasteiger partial charge in [0.1, 0.15) is 5.75 Å². The first kappa shape index (κ1) is 14.3. The van der Waals surface area contributed by atoms with E-state index in [1.165, 1.54) is 4.70 Å². The summed E-state index contributed by atoms with van der Waals surface area (Å²) in [6.45, 7) is 7.80. The fourth-order valence-electron chi connectivity index (χ4n) is 2.22. The molecule has 0 saturated heterocycles. The summed E-state index contributed by atoms with van der Waals surface area (Å²) in [5, 5.41) is 1.15. The van der Waals surface area contributed by atoms with Crippen molar-refractivity contribution in [1.82, 2.24) is 4.98 Å². The van der Waals surface area contributed by atoms with Gasteiger partial charge in [0.15, 0.2) is 0 Å². The third-order valence-corrected chi connectivity index (χ3v) is 4.26. The van der Waals surface area contributed by atoms with Crippen LogP contribution in [0.15, 0.2) is 18.2 Å². The van der Waals surface area contributed by atoms with E-state index in [4.69, 9.17) is 15.5 Å². The minimum Gasteiger partial charge on any atom is -0.494 e. The second kappa shape index (κ2) is 6.35. The summed E-state index contributed by atoms with van der Waals surface area (Å²) in [6, 6.07) is 6.08. The molecule has 3 nitrogen and oxygen atoms in total. The lowest BCUT2D eigenvalue weighted by atomic mass is 9.98. The highest BCUT2D eigenvalue weighted by atomic mass is 32.1. The normalized spacial score (nSPS) is 13.1. The van der Waals surface area contributed by atoms with Gasteiger partial charge in [-0.2, -0.15) is 0 Å². The van der Waals surface area contributed by atoms with Gasteiger partial charge < -0.3 is 10.5 Å². The summed E-state index contributed by atoms with van der Waals surface area (Å²) in [4.78, 5) is 4.72. The first-order valence-electron chi connectivity index (χ1n) is 6.87. The number of hydrogen-bond acceptors (Lipinski definition) is 4. The molecule has 2 aromatic rings. The molecule has 0 amide bonds. The Morgan fingerprint density at radius 1 is 1.37 bits per heavy atom. The van der Waals surface area contributed by atoms with E-state index in [1.807, 2.05) is 19.1 Å². The molecule has 19 heavy (non-hydrogen) atoms. The van der Waals surface area contributed by atoms with Crippen molar-refractivity contribution in [2.24, 2.45) is 11.7 Å². The van der Waals surface area contributed by atoms with E-state index in [0.29, 0.717) is 25.0 Å². The van der Waals surface area contributed by atoms with E-state index in [1.54, 1.807) is 11.3 Å². The summed E-state index contributed by atoms with van der Waals surface area (Å²) in [6.07, 6.45) is 1.09. The standard InChI is InChI=1S/C15H22N2OS/c1-4-18-12-5-6-13-14(8-12)19-15(17-13)11(9-16)7-10(2)3/h5-6,8,10-11H,4,7,9,16H2,1-3H3. The van der Waals surface area contributed by atoms with Crippen LogP contribution in [0.25, 0.3) is 10.2 Å². The topological polar surface area (TPSA) is 48.1 Å². The zero-order chi connectivity index (χ0) is 13.8. The van der Waals surface area contributed by atoms with Gasteiger partial charge in [-0.1, -0.05) is 13.8 Å². The minimum absolute atomic E-state index is 0.368. The number of nitrogens with zero attached hydrogens (tertiary/aromatic N) is 1. The maximum Gasteiger partial charge on any atom is 0.120 e. The molecule has 1 aromatic carbocycles. The van der Waals surface area contributed by atoms with Gasteiger partial charge in [-0.05, 0) is 37.5 Å². The quantitative estimate of drug-likeness (QED) is 0.874. The second-order valence-corrected chi connectivity index (χ2v) is 6.24. The molecule has 1 unspecified atom stereocenters. The molecule has 0 spiro atoms. The number of ether oxygens (including phenoxy) is 1. The second-order valence-electron chi connectivity index (χ2n) is 5.18. The zero-order valence-corrected chi connectivity index (χ0v) is 12.7. The van der Waals surface area contributed by atoms with Crippen molar-refractivity contribution in [3.63, 3.8) is 0 Å². The summed E-state index contributed by atoms with van der Waals surface area (Å²) in [5.74, 6) is 1.92. The summed E-state index contributed by atoms with van der Waals surface area (Å²) in [7, 11) is 0. The molecular formula is C15H22N2OS. The number of benzene rings is 1. The first-order valence-corrected chi connectivity index (χ1v) is 7.69. The van der Waals surface area contributed by atoms with Crippen LogP contribution in [0.4, 0.5) is 0 Å². The minimum atomic E-state index is 0.368. The lowest BCUT2D eigenvalue weighted by molar-refractivity contribution is 0.341. The molecule has 1 atom stereocenters. The van der Waals surface area contributed by atoms with Crippen molar-refractivity contribution in [3.8, 4) is 5.75 Å². The molecule has 2 rings (SSSR count). The van der Waals surface area contributed by atoms with Crippen molar-refractivity contribution in [3.05, 3.63) is 23.2 Å². The number of thiazole rings is 1. The molecule has 1 heterocycles. The molecule has 0 aliphatic rings. The molecule has 0 aliphatic carbocycles. The number of fused-ring (bicyclic) bond motifs is 1. The molecule has 104 valence electrons. The van der Waals surface area contributed by atoms with Crippen molar-refractivity contribution >= 4 is 21.6 Å². The number of aromatic nitrogens is 1. The average molecular weight is 278 g/mol. The third-order valence-electron chi connectivity index (χ3n) is 3.08. The van der Waals surface area contributed by atoms with Crippen molar-refractivity contribution in [2.75, 3.05) is 13.2 Å². The smallest absolute Gasteiger partial charge is 0.120 e. The molecule has 0 fully saturated rings. The van der Waals surface area contributed by atoms with Crippen molar-refractivity contribution in [2.45, 2.75) is 33.1 Å². The maximum atomic E-state index is 5.89. The van der Waals surface area contributed by atoms with E-state index in [9.17, 15) is 0 Å². The Kier molecular flexibility index (Phi) is 4.77. The number of hydrogen-bond donors (Lipinski definition) is 1. The Balaban J connectivity index is 2.29. The van der Waals surface area contributed by atoms with E-state index in [0.717, 1.165) is 22.7 Å². The van der Waals surface area contributed by atoms with Crippen molar-refractivity contribution < 1.29 is 4.74 Å². The molecule has 1 aromatic heterocycles. The van der Waals surface area contributed by atoms with Gasteiger partial charge in [-0.15, -0.1) is 11.3 Å². The van der Waals surface area contributed by atoms with E-state index in [2.05, 4.69) is 19.9 Å². The van der Waals surface area contributed by atoms with Gasteiger partial charge in [0.05, 0.1) is 21.8 Å². The van der Waals surface area contributed by atoms with Crippen LogP contribution in [0.1, 0.15) is 38.1 Å². The molecule has 0 radical (unpaired) electrons. The van der Waals surface area contributed by atoms with E-state index >= 15 is 0 Å². The Hall–Kier alpha value is -1.13. The van der Waals surface area contributed by atoms with Crippen LogP contribution in [0.2, 0.25) is 0 Å². The summed E-state index contributed by atoms with van der Waals surface area (Å²) < 4.78 is 6.71. The highest BCUT2D eigenvalue weighted by Crippen LogP contribution is 2.32. The van der Waals surface area contributed by atoms with Crippen LogP contribution >= 0.6 is 11.3 Å². The number of nitrogens with two attached hydrogens (primary N) is 1. The first-order chi connectivity index (χ1) is 9.13. The lowest BCUT2D eigenvalue weighted by Crippen LogP contribution is -2.14. The van der Waals surface area contributed by atoms with Gasteiger partial charge in [0.25, 0.3) is 0 Å². The van der Waals surface area contributed by atoms with E-state index in [-0.39, 0.29) is 0 Å². The monoisotopic (exact) mass is 278 g/mol. The molecule has 0 saturated carbocycles. The average Bonchev–Trinajstić information content (AvgIpc) is 2.79. The lowest BCUT2D eigenvalue weighted by Gasteiger charge is -2.13. The van der Waals surface area contributed by atoms with Crippen molar-refractivity contribution in [1.29, 1.82) is 0 Å². The Labute approximate surface area is 118 Å². The Morgan fingerprint density at radius 2 is 2.16 bits per heavy atom. The maximum absolute atomic E-state index is 5.89. The van der Waals surface area contributed by atoms with Gasteiger partial charge in [-0.3, -0.25) is 0 Å². The highest BCUT2D eigenvalue weighted by molar-refractivity contribution is 7.18. The molecular weight excluding hydrogens is 256 g/mol. The number of rotatable bonds is 6. The van der Waals surface area contributed by atoms with Crippen LogP contribution in [0.5, 0.6) is 5.75 Å². The van der Waals surface area contributed by atoms with Gasteiger partial charge in [-0.25, -0.2) is 4.98 Å². The van der Waals surface area contributed by atoms with Gasteiger partial charge in [0.2, 0.25) is 0 Å². The van der Waals surface area contributed by atoms with Crippen LogP contribution in [-0.2, 0) is 0 Å². The summed E-state index contributed by atoms with van der Waals surface area (Å²) >= 11 is 1.74. The highest BCUT2D eigenvalue weighted by Gasteiger charge is 2.16. The third kappa shape index (κ3) is 3.45. The van der Waals surface area contributed by atoms with Crippen LogP contribution in [-0.4, -0.2) is 18.1 Å². The Bertz CT molecular complexity index is 536. The van der Waals surface area contributed by atoms with Gasteiger partial charge in [0, 0.05) is 12.5 Å². The molecule has 2 N–H and O–H groups in total. The largest absolute Gasteiger partial charge is 0.494 e. The van der Waals surface area contributed by atoms with E-state index < -0.39 is 0 Å². The fourth-order valence-corrected chi connectivity index (χ4v) is 3.34. The zero-order valence-electron chi connectivity index (χ0n) is 11.8. The molecule has 0 aliphatic heterocycles. The predicted molar refractivity (Wildman–Crippen MR) is 82.0 cm³/mol. The van der Waals surface area contributed by atoms with Crippen LogP contribution in [0, 0.1) is 5.92 Å². The predicted octanol–water partition coefficient (Wildman–Crippen LogP) is 3.78. The SMILES string of the molecule is CCOc1ccc2nc(C(CN)CC(C)C)sc2c1.